The third kappa shape index (κ3) is 10.8. The molecule has 1 aromatic rings. The molecule has 0 aliphatic rings. The first kappa shape index (κ1) is 21.1. The third-order valence-electron chi connectivity index (χ3n) is 3.85. The average Bonchev–Trinajstić information content (AvgIpc) is 2.54. The zero-order valence-electron chi connectivity index (χ0n) is 14.6. The van der Waals surface area contributed by atoms with Crippen molar-refractivity contribution in [2.24, 2.45) is 0 Å². The van der Waals surface area contributed by atoms with Crippen LogP contribution in [0.25, 0.3) is 0 Å². The zero-order chi connectivity index (χ0) is 17.8. The topological polar surface area (TPSA) is 106 Å². The Morgan fingerprint density at radius 1 is 1.12 bits per heavy atom. The maximum Gasteiger partial charge on any atom is 0.469 e. The number of phosphoric ester groups is 1. The van der Waals surface area contributed by atoms with Gasteiger partial charge in [0.2, 0.25) is 0 Å². The van der Waals surface area contributed by atoms with Crippen LogP contribution in [0.3, 0.4) is 0 Å². The minimum Gasteiger partial charge on any atom is -0.379 e. The van der Waals surface area contributed by atoms with Crippen LogP contribution in [0.4, 0.5) is 5.69 Å². The summed E-state index contributed by atoms with van der Waals surface area (Å²) >= 11 is 0. The second-order valence-electron chi connectivity index (χ2n) is 6.25. The van der Waals surface area contributed by atoms with Crippen molar-refractivity contribution in [1.82, 2.24) is 0 Å². The Hall–Kier alpha value is -0.910. The van der Waals surface area contributed by atoms with Gasteiger partial charge in [0, 0.05) is 5.69 Å². The number of phosphoric acid groups is 1. The Morgan fingerprint density at radius 2 is 1.75 bits per heavy atom. The van der Waals surface area contributed by atoms with Crippen LogP contribution in [-0.4, -0.2) is 29.0 Å². The van der Waals surface area contributed by atoms with Crippen LogP contribution in [0.1, 0.15) is 51.0 Å². The second kappa shape index (κ2) is 11.6. The smallest absolute Gasteiger partial charge is 0.379 e. The molecular weight excluding hydrogens is 327 g/mol. The number of hydrogen-bond acceptors (Lipinski definition) is 3. The molecule has 138 valence electrons. The first-order valence-corrected chi connectivity index (χ1v) is 10.3. The highest BCUT2D eigenvalue weighted by Gasteiger charge is 2.17. The van der Waals surface area contributed by atoms with Crippen LogP contribution in [0.15, 0.2) is 24.3 Å². The van der Waals surface area contributed by atoms with Gasteiger partial charge < -0.3 is 20.8 Å². The fraction of sp³-hybridized carbons (Fsp3) is 0.647. The van der Waals surface area contributed by atoms with Gasteiger partial charge in [-0.05, 0) is 30.5 Å². The fourth-order valence-corrected chi connectivity index (χ4v) is 2.83. The van der Waals surface area contributed by atoms with Gasteiger partial charge in [-0.3, -0.25) is 4.52 Å². The summed E-state index contributed by atoms with van der Waals surface area (Å²) in [6.07, 6.45) is 8.94. The summed E-state index contributed by atoms with van der Waals surface area (Å²) in [6.45, 7) is 2.65. The molecule has 0 aliphatic carbocycles. The molecule has 24 heavy (non-hydrogen) atoms. The summed E-state index contributed by atoms with van der Waals surface area (Å²) < 4.78 is 15.1. The lowest BCUT2D eigenvalue weighted by Gasteiger charge is -2.12. The Labute approximate surface area is 145 Å². The van der Waals surface area contributed by atoms with Gasteiger partial charge in [-0.25, -0.2) is 4.57 Å². The number of benzene rings is 1. The Bertz CT molecular complexity index is 490. The number of rotatable bonds is 13. The van der Waals surface area contributed by atoms with E-state index in [0.29, 0.717) is 6.54 Å². The molecule has 0 saturated heterocycles. The molecular formula is C17H32N2O4P+. The number of anilines is 1. The molecule has 6 N–H and O–H groups in total. The Morgan fingerprint density at radius 3 is 2.38 bits per heavy atom. The van der Waals surface area contributed by atoms with E-state index in [2.05, 4.69) is 34.6 Å². The quantitative estimate of drug-likeness (QED) is 0.320. The molecule has 1 atom stereocenters. The lowest BCUT2D eigenvalue weighted by Crippen LogP contribution is -2.65. The highest BCUT2D eigenvalue weighted by molar-refractivity contribution is 7.46. The predicted octanol–water partition coefficient (Wildman–Crippen LogP) is 2.72. The van der Waals surface area contributed by atoms with E-state index < -0.39 is 7.82 Å². The van der Waals surface area contributed by atoms with Crippen molar-refractivity contribution < 1.29 is 24.6 Å². The van der Waals surface area contributed by atoms with Crippen molar-refractivity contribution in [3.63, 3.8) is 0 Å². The first-order chi connectivity index (χ1) is 11.4. The lowest BCUT2D eigenvalue weighted by atomic mass is 10.0. The van der Waals surface area contributed by atoms with Crippen molar-refractivity contribution in [3.8, 4) is 0 Å². The van der Waals surface area contributed by atoms with Crippen molar-refractivity contribution in [3.05, 3.63) is 29.8 Å². The Balaban J connectivity index is 2.21. The van der Waals surface area contributed by atoms with Gasteiger partial charge in [0.25, 0.3) is 0 Å². The van der Waals surface area contributed by atoms with Crippen LogP contribution < -0.4 is 11.1 Å². The molecule has 0 radical (unpaired) electrons. The van der Waals surface area contributed by atoms with Crippen LogP contribution >= 0.6 is 7.82 Å². The number of unbranched alkanes of at least 4 members (excludes halogenated alkanes) is 5. The van der Waals surface area contributed by atoms with Crippen molar-refractivity contribution in [2.45, 2.75) is 57.9 Å². The summed E-state index contributed by atoms with van der Waals surface area (Å²) in [5.41, 5.74) is 6.13. The summed E-state index contributed by atoms with van der Waals surface area (Å²) in [5.74, 6) is 0. The number of hydrogen-bond donors (Lipinski definition) is 4. The van der Waals surface area contributed by atoms with Gasteiger partial charge in [-0.2, -0.15) is 0 Å². The summed E-state index contributed by atoms with van der Waals surface area (Å²) in [4.78, 5) is 17.3. The average molecular weight is 359 g/mol. The molecule has 1 aromatic carbocycles. The van der Waals surface area contributed by atoms with E-state index in [-0.39, 0.29) is 12.6 Å². The second-order valence-corrected chi connectivity index (χ2v) is 7.49. The molecule has 0 aromatic heterocycles. The molecule has 0 bridgehead atoms. The largest absolute Gasteiger partial charge is 0.469 e. The van der Waals surface area contributed by atoms with Gasteiger partial charge in [0.1, 0.15) is 12.6 Å². The third-order valence-corrected chi connectivity index (χ3v) is 4.33. The van der Waals surface area contributed by atoms with E-state index in [1.54, 1.807) is 0 Å². The molecule has 0 unspecified atom stereocenters. The molecule has 0 heterocycles. The maximum atomic E-state index is 10.6. The summed E-state index contributed by atoms with van der Waals surface area (Å²) in [6, 6.07) is 8.07. The molecule has 0 saturated carbocycles. The monoisotopic (exact) mass is 359 g/mol. The van der Waals surface area contributed by atoms with Gasteiger partial charge >= 0.3 is 7.82 Å². The molecule has 0 spiro atoms. The maximum absolute atomic E-state index is 10.6. The number of aryl methyl sites for hydroxylation is 1. The molecule has 1 rings (SSSR count). The molecule has 7 heteroatoms. The number of nitrogens with one attached hydrogen (secondary N) is 1. The van der Waals surface area contributed by atoms with Crippen molar-refractivity contribution >= 4 is 13.5 Å². The van der Waals surface area contributed by atoms with Crippen LogP contribution in [0.2, 0.25) is 0 Å². The SMILES string of the molecule is CCCCCCCCc1ccc(NC[C@H]([NH3+])COP(=O)(O)O)cc1. The van der Waals surface area contributed by atoms with E-state index >= 15 is 0 Å². The van der Waals surface area contributed by atoms with E-state index in [4.69, 9.17) is 9.79 Å². The lowest BCUT2D eigenvalue weighted by molar-refractivity contribution is -0.419. The molecule has 0 fully saturated rings. The highest BCUT2D eigenvalue weighted by Crippen LogP contribution is 2.35. The van der Waals surface area contributed by atoms with E-state index in [1.165, 1.54) is 44.1 Å². The van der Waals surface area contributed by atoms with E-state index in [1.807, 2.05) is 12.1 Å². The normalized spacial score (nSPS) is 13.0. The van der Waals surface area contributed by atoms with Crippen LogP contribution in [-0.2, 0) is 15.5 Å². The highest BCUT2D eigenvalue weighted by atomic mass is 31.2. The minimum absolute atomic E-state index is 0.0760. The van der Waals surface area contributed by atoms with Gasteiger partial charge in [0.05, 0.1) is 6.54 Å². The zero-order valence-corrected chi connectivity index (χ0v) is 15.5. The summed E-state index contributed by atoms with van der Waals surface area (Å²) in [5, 5.41) is 3.20. The standard InChI is InChI=1S/C17H31N2O4P/c1-2-3-4-5-6-7-8-15-9-11-17(12-10-15)19-13-16(18)14-23-24(20,21)22/h9-12,16,19H,2-8,13-14,18H2,1H3,(H2,20,21,22)/p+1/t16-/m0/s1. The Kier molecular flexibility index (Phi) is 10.2. The molecule has 6 nitrogen and oxygen atoms in total. The van der Waals surface area contributed by atoms with Crippen LogP contribution in [0.5, 0.6) is 0 Å². The van der Waals surface area contributed by atoms with E-state index in [9.17, 15) is 4.57 Å². The summed E-state index contributed by atoms with van der Waals surface area (Å²) in [7, 11) is -4.41. The van der Waals surface area contributed by atoms with Crippen LogP contribution in [0, 0.1) is 0 Å². The molecule has 0 aliphatic heterocycles. The van der Waals surface area contributed by atoms with Gasteiger partial charge in [0.15, 0.2) is 0 Å². The minimum atomic E-state index is -4.41. The first-order valence-electron chi connectivity index (χ1n) is 8.76. The number of quaternary nitrogens is 1. The fourth-order valence-electron chi connectivity index (χ4n) is 2.42. The van der Waals surface area contributed by atoms with Gasteiger partial charge in [-0.1, -0.05) is 51.2 Å². The van der Waals surface area contributed by atoms with Crippen molar-refractivity contribution in [1.29, 1.82) is 0 Å². The van der Waals surface area contributed by atoms with E-state index in [0.717, 1.165) is 12.1 Å². The van der Waals surface area contributed by atoms with Gasteiger partial charge in [-0.15, -0.1) is 0 Å². The predicted molar refractivity (Wildman–Crippen MR) is 96.7 cm³/mol. The molecule has 0 amide bonds. The van der Waals surface area contributed by atoms with Crippen molar-refractivity contribution in [2.75, 3.05) is 18.5 Å².